The number of benzene rings is 1. The lowest BCUT2D eigenvalue weighted by molar-refractivity contribution is -0.134. The van der Waals surface area contributed by atoms with Crippen LogP contribution in [0.2, 0.25) is 0 Å². The summed E-state index contributed by atoms with van der Waals surface area (Å²) in [5.74, 6) is -1.55. The molecule has 0 aliphatic carbocycles. The van der Waals surface area contributed by atoms with Gasteiger partial charge in [0.2, 0.25) is 5.91 Å². The first-order chi connectivity index (χ1) is 8.45. The Labute approximate surface area is 106 Å². The number of hydrogen-bond acceptors (Lipinski definition) is 2. The first-order valence-electron chi connectivity index (χ1n) is 5.84. The van der Waals surface area contributed by atoms with Crippen molar-refractivity contribution in [3.8, 4) is 0 Å². The van der Waals surface area contributed by atoms with E-state index >= 15 is 0 Å². The minimum Gasteiger partial charge on any atom is -0.341 e. The molecule has 1 rings (SSSR count). The zero-order chi connectivity index (χ0) is 13.7. The van der Waals surface area contributed by atoms with Gasteiger partial charge in [-0.15, -0.1) is 0 Å². The summed E-state index contributed by atoms with van der Waals surface area (Å²) in [5, 5.41) is 0. The predicted molar refractivity (Wildman–Crippen MR) is 65.7 cm³/mol. The Bertz CT molecular complexity index is 423. The molecule has 2 N–H and O–H groups in total. The molecule has 5 heteroatoms. The van der Waals surface area contributed by atoms with E-state index in [9.17, 15) is 13.6 Å². The third kappa shape index (κ3) is 3.77. The minimum absolute atomic E-state index is 0.0934. The van der Waals surface area contributed by atoms with Crippen LogP contribution in [0, 0.1) is 17.6 Å². The maximum absolute atomic E-state index is 13.4. The van der Waals surface area contributed by atoms with Gasteiger partial charge in [-0.25, -0.2) is 8.78 Å². The molecule has 1 aromatic rings. The van der Waals surface area contributed by atoms with Crippen LogP contribution in [0.3, 0.4) is 0 Å². The van der Waals surface area contributed by atoms with Gasteiger partial charge in [0, 0.05) is 31.1 Å². The Morgan fingerprint density at radius 2 is 2.11 bits per heavy atom. The molecule has 0 aromatic heterocycles. The van der Waals surface area contributed by atoms with Crippen LogP contribution in [0.25, 0.3) is 0 Å². The molecule has 1 amide bonds. The number of nitrogens with zero attached hydrogens (tertiary/aromatic N) is 1. The molecule has 100 valence electrons. The fourth-order valence-electron chi connectivity index (χ4n) is 1.73. The fourth-order valence-corrected chi connectivity index (χ4v) is 1.73. The number of nitrogens with two attached hydrogens (primary N) is 1. The van der Waals surface area contributed by atoms with Gasteiger partial charge in [-0.3, -0.25) is 4.79 Å². The van der Waals surface area contributed by atoms with Crippen molar-refractivity contribution in [2.75, 3.05) is 13.6 Å². The highest BCUT2D eigenvalue weighted by Gasteiger charge is 2.18. The van der Waals surface area contributed by atoms with Crippen molar-refractivity contribution in [3.63, 3.8) is 0 Å². The van der Waals surface area contributed by atoms with Crippen molar-refractivity contribution in [1.29, 1.82) is 0 Å². The first-order valence-corrected chi connectivity index (χ1v) is 5.84. The van der Waals surface area contributed by atoms with Crippen molar-refractivity contribution in [1.82, 2.24) is 4.90 Å². The van der Waals surface area contributed by atoms with Gasteiger partial charge in [0.05, 0.1) is 0 Å². The molecule has 18 heavy (non-hydrogen) atoms. The second-order valence-electron chi connectivity index (χ2n) is 4.41. The van der Waals surface area contributed by atoms with Crippen LogP contribution in [0.15, 0.2) is 18.2 Å². The van der Waals surface area contributed by atoms with Crippen LogP contribution >= 0.6 is 0 Å². The molecule has 3 nitrogen and oxygen atoms in total. The third-order valence-electron chi connectivity index (χ3n) is 2.82. The monoisotopic (exact) mass is 256 g/mol. The van der Waals surface area contributed by atoms with Gasteiger partial charge in [-0.1, -0.05) is 13.0 Å². The normalized spacial score (nSPS) is 12.3. The molecule has 1 unspecified atom stereocenters. The number of rotatable bonds is 5. The van der Waals surface area contributed by atoms with Crippen LogP contribution in [-0.2, 0) is 11.3 Å². The standard InChI is InChI=1S/C13H18F2N2O/c1-9(5-6-16)13(18)17(2)8-10-3-4-11(14)7-12(10)15/h3-4,7,9H,5-6,8,16H2,1-2H3. The molecule has 0 spiro atoms. The fraction of sp³-hybridized carbons (Fsp3) is 0.462. The molecule has 0 heterocycles. The first kappa shape index (κ1) is 14.6. The minimum atomic E-state index is -0.638. The average Bonchev–Trinajstić information content (AvgIpc) is 2.32. The van der Waals surface area contributed by atoms with E-state index in [1.807, 2.05) is 0 Å². The Kier molecular flexibility index (Phi) is 5.22. The van der Waals surface area contributed by atoms with Crippen LogP contribution in [0.4, 0.5) is 8.78 Å². The van der Waals surface area contributed by atoms with Gasteiger partial charge in [0.25, 0.3) is 0 Å². The quantitative estimate of drug-likeness (QED) is 0.874. The lowest BCUT2D eigenvalue weighted by Gasteiger charge is -2.21. The molecule has 0 saturated heterocycles. The predicted octanol–water partition coefficient (Wildman–Crippen LogP) is 1.91. The zero-order valence-electron chi connectivity index (χ0n) is 10.6. The highest BCUT2D eigenvalue weighted by molar-refractivity contribution is 5.78. The number of hydrogen-bond donors (Lipinski definition) is 1. The molecule has 0 aliphatic rings. The third-order valence-corrected chi connectivity index (χ3v) is 2.82. The highest BCUT2D eigenvalue weighted by Crippen LogP contribution is 2.13. The van der Waals surface area contributed by atoms with Crippen molar-refractivity contribution >= 4 is 5.91 Å². The second-order valence-corrected chi connectivity index (χ2v) is 4.41. The van der Waals surface area contributed by atoms with Crippen LogP contribution in [0.5, 0.6) is 0 Å². The molecule has 1 atom stereocenters. The smallest absolute Gasteiger partial charge is 0.225 e. The highest BCUT2D eigenvalue weighted by atomic mass is 19.1. The zero-order valence-corrected chi connectivity index (χ0v) is 10.6. The number of carbonyl (C=O) groups excluding carboxylic acids is 1. The van der Waals surface area contributed by atoms with Gasteiger partial charge < -0.3 is 10.6 Å². The van der Waals surface area contributed by atoms with Gasteiger partial charge in [0.15, 0.2) is 0 Å². The summed E-state index contributed by atoms with van der Waals surface area (Å²) in [6, 6.07) is 3.35. The Balaban J connectivity index is 2.69. The van der Waals surface area contributed by atoms with Gasteiger partial charge in [-0.2, -0.15) is 0 Å². The van der Waals surface area contributed by atoms with Gasteiger partial charge in [-0.05, 0) is 19.0 Å². The summed E-state index contributed by atoms with van der Waals surface area (Å²) < 4.78 is 26.2. The molecular formula is C13H18F2N2O. The van der Waals surface area contributed by atoms with E-state index in [1.165, 1.54) is 17.0 Å². The Morgan fingerprint density at radius 3 is 2.67 bits per heavy atom. The van der Waals surface area contributed by atoms with Gasteiger partial charge in [0.1, 0.15) is 11.6 Å². The van der Waals surface area contributed by atoms with Crippen molar-refractivity contribution in [2.45, 2.75) is 19.9 Å². The summed E-state index contributed by atoms with van der Waals surface area (Å²) >= 11 is 0. The summed E-state index contributed by atoms with van der Waals surface area (Å²) in [4.78, 5) is 13.3. The van der Waals surface area contributed by atoms with E-state index in [1.54, 1.807) is 14.0 Å². The van der Waals surface area contributed by atoms with Crippen molar-refractivity contribution in [3.05, 3.63) is 35.4 Å². The topological polar surface area (TPSA) is 46.3 Å². The number of halogens is 2. The van der Waals surface area contributed by atoms with E-state index in [-0.39, 0.29) is 18.4 Å². The SMILES string of the molecule is CC(CCN)C(=O)N(C)Cc1ccc(F)cc1F. The van der Waals surface area contributed by atoms with Gasteiger partial charge >= 0.3 is 0 Å². The van der Waals surface area contributed by atoms with Crippen LogP contribution < -0.4 is 5.73 Å². The lowest BCUT2D eigenvalue weighted by Crippen LogP contribution is -2.32. The molecule has 0 saturated carbocycles. The molecular weight excluding hydrogens is 238 g/mol. The number of carbonyl (C=O) groups is 1. The van der Waals surface area contributed by atoms with E-state index in [0.29, 0.717) is 18.5 Å². The van der Waals surface area contributed by atoms with E-state index in [2.05, 4.69) is 0 Å². The van der Waals surface area contributed by atoms with Crippen LogP contribution in [-0.4, -0.2) is 24.4 Å². The molecule has 0 aliphatic heterocycles. The Morgan fingerprint density at radius 1 is 1.44 bits per heavy atom. The van der Waals surface area contributed by atoms with Crippen molar-refractivity contribution < 1.29 is 13.6 Å². The summed E-state index contributed by atoms with van der Waals surface area (Å²) in [6.07, 6.45) is 0.592. The summed E-state index contributed by atoms with van der Waals surface area (Å²) in [7, 11) is 1.60. The molecule has 0 radical (unpaired) electrons. The molecule has 0 bridgehead atoms. The Hall–Kier alpha value is -1.49. The van der Waals surface area contributed by atoms with Crippen LogP contribution in [0.1, 0.15) is 18.9 Å². The maximum atomic E-state index is 13.4. The molecule has 1 aromatic carbocycles. The van der Waals surface area contributed by atoms with Crippen molar-refractivity contribution in [2.24, 2.45) is 11.7 Å². The number of amides is 1. The largest absolute Gasteiger partial charge is 0.341 e. The van der Waals surface area contributed by atoms with E-state index in [4.69, 9.17) is 5.73 Å². The average molecular weight is 256 g/mol. The lowest BCUT2D eigenvalue weighted by atomic mass is 10.1. The summed E-state index contributed by atoms with van der Waals surface area (Å²) in [5.41, 5.74) is 5.69. The maximum Gasteiger partial charge on any atom is 0.225 e. The van der Waals surface area contributed by atoms with E-state index in [0.717, 1.165) is 6.07 Å². The second kappa shape index (κ2) is 6.44. The van der Waals surface area contributed by atoms with E-state index < -0.39 is 11.6 Å². The molecule has 0 fully saturated rings. The summed E-state index contributed by atoms with van der Waals surface area (Å²) in [6.45, 7) is 2.35.